The van der Waals surface area contributed by atoms with E-state index in [1.54, 1.807) is 13.0 Å². The van der Waals surface area contributed by atoms with E-state index >= 15 is 0 Å². The number of nitriles is 1. The molecule has 0 aliphatic rings. The number of thioether (sulfide) groups is 1. The minimum Gasteiger partial charge on any atom is -0.300 e. The largest absolute Gasteiger partial charge is 0.300 e. The molecule has 0 saturated heterocycles. The molecule has 0 radical (unpaired) electrons. The van der Waals surface area contributed by atoms with Crippen molar-refractivity contribution in [2.24, 2.45) is 0 Å². The molecular weight excluding hydrogens is 330 g/mol. The minimum atomic E-state index is -0.393. The number of nitrogens with one attached hydrogen (secondary N) is 1. The van der Waals surface area contributed by atoms with Gasteiger partial charge in [0.2, 0.25) is 11.0 Å². The number of aryl methyl sites for hydroxylation is 2. The number of carbonyl (C=O) groups excluding carboxylic acids is 1. The average Bonchev–Trinajstić information content (AvgIpc) is 2.93. The molecule has 0 aliphatic heterocycles. The van der Waals surface area contributed by atoms with Crippen LogP contribution in [-0.2, 0) is 11.2 Å². The summed E-state index contributed by atoms with van der Waals surface area (Å²) in [5.41, 5.74) is 1.42. The molecule has 0 spiro atoms. The van der Waals surface area contributed by atoms with Crippen molar-refractivity contribution in [3.63, 3.8) is 0 Å². The van der Waals surface area contributed by atoms with E-state index in [9.17, 15) is 10.1 Å². The fourth-order valence-electron chi connectivity index (χ4n) is 1.82. The maximum absolute atomic E-state index is 12.2. The third-order valence-corrected chi connectivity index (χ3v) is 4.81. The van der Waals surface area contributed by atoms with Crippen LogP contribution in [0.2, 0.25) is 0 Å². The highest BCUT2D eigenvalue weighted by atomic mass is 32.2. The molecule has 0 aromatic carbocycles. The molecule has 2 heterocycles. The van der Waals surface area contributed by atoms with Gasteiger partial charge in [0.25, 0.3) is 0 Å². The monoisotopic (exact) mass is 347 g/mol. The van der Waals surface area contributed by atoms with Gasteiger partial charge in [0.15, 0.2) is 0 Å². The van der Waals surface area contributed by atoms with Crippen LogP contribution in [0.15, 0.2) is 17.2 Å². The Morgan fingerprint density at radius 2 is 2.26 bits per heavy atom. The standard InChI is InChI=1S/C15H17N5OS2/c1-4-5-12-7-6-11(8-16)14(17-12)22-9(2)13(21)18-15-20-19-10(3)23-15/h6-7,9H,4-5H2,1-3H3,(H,18,20,21). The van der Waals surface area contributed by atoms with E-state index < -0.39 is 5.25 Å². The van der Waals surface area contributed by atoms with E-state index in [1.807, 2.05) is 13.0 Å². The molecule has 1 amide bonds. The van der Waals surface area contributed by atoms with Gasteiger partial charge in [-0.2, -0.15) is 5.26 Å². The van der Waals surface area contributed by atoms with E-state index in [2.05, 4.69) is 33.5 Å². The number of aromatic nitrogens is 3. The Hall–Kier alpha value is -1.98. The fraction of sp³-hybridized carbons (Fsp3) is 0.400. The summed E-state index contributed by atoms with van der Waals surface area (Å²) < 4.78 is 0. The maximum Gasteiger partial charge on any atom is 0.239 e. The van der Waals surface area contributed by atoms with Gasteiger partial charge in [-0.05, 0) is 32.4 Å². The molecule has 0 bridgehead atoms. The van der Waals surface area contributed by atoms with E-state index in [0.717, 1.165) is 23.5 Å². The zero-order chi connectivity index (χ0) is 16.8. The summed E-state index contributed by atoms with van der Waals surface area (Å²) in [5.74, 6) is -0.183. The fourth-order valence-corrected chi connectivity index (χ4v) is 3.33. The van der Waals surface area contributed by atoms with Crippen molar-refractivity contribution in [2.45, 2.75) is 43.9 Å². The predicted octanol–water partition coefficient (Wildman–Crippen LogP) is 3.19. The highest BCUT2D eigenvalue weighted by Crippen LogP contribution is 2.26. The highest BCUT2D eigenvalue weighted by molar-refractivity contribution is 8.00. The Morgan fingerprint density at radius 1 is 1.48 bits per heavy atom. The first-order chi connectivity index (χ1) is 11.0. The molecule has 0 aliphatic carbocycles. The van der Waals surface area contributed by atoms with Gasteiger partial charge in [-0.25, -0.2) is 4.98 Å². The van der Waals surface area contributed by atoms with Crippen molar-refractivity contribution in [3.8, 4) is 6.07 Å². The third-order valence-electron chi connectivity index (χ3n) is 2.96. The molecule has 2 rings (SSSR count). The summed E-state index contributed by atoms with van der Waals surface area (Å²) in [6.45, 7) is 5.68. The molecule has 8 heteroatoms. The van der Waals surface area contributed by atoms with Crippen LogP contribution < -0.4 is 5.32 Å². The Kier molecular flexibility index (Phi) is 6.07. The van der Waals surface area contributed by atoms with Crippen LogP contribution in [0.4, 0.5) is 5.13 Å². The normalized spacial score (nSPS) is 11.7. The lowest BCUT2D eigenvalue weighted by atomic mass is 10.2. The lowest BCUT2D eigenvalue weighted by molar-refractivity contribution is -0.115. The molecule has 2 aromatic rings. The summed E-state index contributed by atoms with van der Waals surface area (Å²) in [5, 5.41) is 21.2. The number of hydrogen-bond acceptors (Lipinski definition) is 7. The summed E-state index contributed by atoms with van der Waals surface area (Å²) in [6.07, 6.45) is 1.83. The smallest absolute Gasteiger partial charge is 0.239 e. The molecule has 2 aromatic heterocycles. The molecule has 0 fully saturated rings. The van der Waals surface area contributed by atoms with Gasteiger partial charge in [0.1, 0.15) is 16.1 Å². The van der Waals surface area contributed by atoms with Crippen molar-refractivity contribution in [3.05, 3.63) is 28.4 Å². The first-order valence-electron chi connectivity index (χ1n) is 7.21. The number of carbonyl (C=O) groups is 1. The molecule has 120 valence electrons. The molecule has 0 saturated carbocycles. The number of amides is 1. The quantitative estimate of drug-likeness (QED) is 0.807. The molecule has 6 nitrogen and oxygen atoms in total. The molecular formula is C15H17N5OS2. The molecule has 1 unspecified atom stereocenters. The minimum absolute atomic E-state index is 0.183. The second-order valence-electron chi connectivity index (χ2n) is 4.89. The van der Waals surface area contributed by atoms with Gasteiger partial charge in [-0.15, -0.1) is 10.2 Å². The van der Waals surface area contributed by atoms with Crippen molar-refractivity contribution >= 4 is 34.1 Å². The van der Waals surface area contributed by atoms with Gasteiger partial charge in [-0.3, -0.25) is 10.1 Å². The summed E-state index contributed by atoms with van der Waals surface area (Å²) in [7, 11) is 0. The van der Waals surface area contributed by atoms with E-state index in [4.69, 9.17) is 0 Å². The van der Waals surface area contributed by atoms with Crippen LogP contribution in [0, 0.1) is 18.3 Å². The highest BCUT2D eigenvalue weighted by Gasteiger charge is 2.19. The Balaban J connectivity index is 2.09. The van der Waals surface area contributed by atoms with E-state index in [-0.39, 0.29) is 5.91 Å². The van der Waals surface area contributed by atoms with Crippen LogP contribution in [0.25, 0.3) is 0 Å². The second-order valence-corrected chi connectivity index (χ2v) is 7.40. The van der Waals surface area contributed by atoms with Crippen molar-refractivity contribution < 1.29 is 4.79 Å². The lowest BCUT2D eigenvalue weighted by Gasteiger charge is -2.11. The van der Waals surface area contributed by atoms with Gasteiger partial charge < -0.3 is 0 Å². The van der Waals surface area contributed by atoms with Crippen LogP contribution >= 0.6 is 23.1 Å². The first kappa shape index (κ1) is 17.4. The number of rotatable bonds is 6. The summed E-state index contributed by atoms with van der Waals surface area (Å²) >= 11 is 2.60. The zero-order valence-corrected chi connectivity index (χ0v) is 14.8. The first-order valence-corrected chi connectivity index (χ1v) is 8.90. The third kappa shape index (κ3) is 4.74. The molecule has 1 N–H and O–H groups in total. The van der Waals surface area contributed by atoms with Gasteiger partial charge >= 0.3 is 0 Å². The molecule has 23 heavy (non-hydrogen) atoms. The predicted molar refractivity (Wildman–Crippen MR) is 91.5 cm³/mol. The van der Waals surface area contributed by atoms with E-state index in [0.29, 0.717) is 15.7 Å². The topological polar surface area (TPSA) is 91.6 Å². The summed E-state index contributed by atoms with van der Waals surface area (Å²) in [4.78, 5) is 16.7. The Labute approximate surface area is 143 Å². The number of anilines is 1. The van der Waals surface area contributed by atoms with Gasteiger partial charge in [0, 0.05) is 5.69 Å². The van der Waals surface area contributed by atoms with Gasteiger partial charge in [0.05, 0.1) is 10.8 Å². The van der Waals surface area contributed by atoms with E-state index in [1.165, 1.54) is 23.1 Å². The maximum atomic E-state index is 12.2. The average molecular weight is 347 g/mol. The Morgan fingerprint density at radius 3 is 2.87 bits per heavy atom. The van der Waals surface area contributed by atoms with Crippen LogP contribution in [0.1, 0.15) is 36.5 Å². The number of nitrogens with zero attached hydrogens (tertiary/aromatic N) is 4. The van der Waals surface area contributed by atoms with Gasteiger partial charge in [-0.1, -0.05) is 36.4 Å². The molecule has 1 atom stereocenters. The lowest BCUT2D eigenvalue weighted by Crippen LogP contribution is -2.22. The van der Waals surface area contributed by atoms with Crippen molar-refractivity contribution in [2.75, 3.05) is 5.32 Å². The number of hydrogen-bond donors (Lipinski definition) is 1. The van der Waals surface area contributed by atoms with Crippen LogP contribution in [0.3, 0.4) is 0 Å². The van der Waals surface area contributed by atoms with Crippen LogP contribution in [-0.4, -0.2) is 26.3 Å². The SMILES string of the molecule is CCCc1ccc(C#N)c(SC(C)C(=O)Nc2nnc(C)s2)n1. The summed E-state index contributed by atoms with van der Waals surface area (Å²) in [6, 6.07) is 5.75. The second kappa shape index (κ2) is 8.04. The van der Waals surface area contributed by atoms with Crippen molar-refractivity contribution in [1.29, 1.82) is 5.26 Å². The zero-order valence-electron chi connectivity index (χ0n) is 13.2. The number of pyridine rings is 1. The Bertz CT molecular complexity index is 738. The van der Waals surface area contributed by atoms with Crippen LogP contribution in [0.5, 0.6) is 0 Å². The van der Waals surface area contributed by atoms with Crippen molar-refractivity contribution in [1.82, 2.24) is 15.2 Å².